The molecule has 0 saturated carbocycles. The number of carbonyl (C=O) groups is 1. The van der Waals surface area contributed by atoms with Gasteiger partial charge >= 0.3 is 6.09 Å². The summed E-state index contributed by atoms with van der Waals surface area (Å²) in [6.07, 6.45) is 3.25. The molecule has 0 aliphatic rings. The molecule has 4 heteroatoms. The highest BCUT2D eigenvalue weighted by Gasteiger charge is 2.21. The number of hydrogen-bond acceptors (Lipinski definition) is 3. The van der Waals surface area contributed by atoms with Crippen LogP contribution in [0.3, 0.4) is 0 Å². The average molecular weight is 257 g/mol. The first kappa shape index (κ1) is 17.0. The molecule has 0 heterocycles. The zero-order chi connectivity index (χ0) is 14.2. The Morgan fingerprint density at radius 2 is 2.06 bits per heavy atom. The van der Waals surface area contributed by atoms with Gasteiger partial charge in [0.05, 0.1) is 12.7 Å². The van der Waals surface area contributed by atoms with Crippen LogP contribution in [0.5, 0.6) is 0 Å². The van der Waals surface area contributed by atoms with Crippen molar-refractivity contribution in [3.8, 4) is 0 Å². The Labute approximate surface area is 111 Å². The highest BCUT2D eigenvalue weighted by Crippen LogP contribution is 2.10. The minimum atomic E-state index is -0.462. The molecule has 0 aromatic heterocycles. The second-order valence-corrected chi connectivity index (χ2v) is 5.34. The van der Waals surface area contributed by atoms with Crippen LogP contribution in [-0.2, 0) is 9.47 Å². The van der Waals surface area contributed by atoms with Crippen molar-refractivity contribution in [2.24, 2.45) is 0 Å². The summed E-state index contributed by atoms with van der Waals surface area (Å²) in [5, 5.41) is 0. The van der Waals surface area contributed by atoms with Crippen LogP contribution in [-0.4, -0.2) is 42.9 Å². The third-order valence-corrected chi connectivity index (χ3v) is 2.31. The molecule has 0 bridgehead atoms. The Morgan fingerprint density at radius 1 is 1.44 bits per heavy atom. The fourth-order valence-corrected chi connectivity index (χ4v) is 1.34. The quantitative estimate of drug-likeness (QED) is 0.519. The van der Waals surface area contributed by atoms with Crippen molar-refractivity contribution in [2.45, 2.75) is 52.2 Å². The van der Waals surface area contributed by atoms with E-state index >= 15 is 0 Å². The molecule has 0 aromatic carbocycles. The third-order valence-electron chi connectivity index (χ3n) is 2.31. The summed E-state index contributed by atoms with van der Waals surface area (Å²) in [5.74, 6) is 0. The lowest BCUT2D eigenvalue weighted by Gasteiger charge is -2.27. The van der Waals surface area contributed by atoms with E-state index in [-0.39, 0.29) is 12.2 Å². The second-order valence-electron chi connectivity index (χ2n) is 5.34. The van der Waals surface area contributed by atoms with E-state index in [0.29, 0.717) is 13.2 Å². The highest BCUT2D eigenvalue weighted by atomic mass is 16.6. The number of rotatable bonds is 7. The van der Waals surface area contributed by atoms with Gasteiger partial charge in [-0.2, -0.15) is 0 Å². The lowest BCUT2D eigenvalue weighted by Crippen LogP contribution is -2.39. The van der Waals surface area contributed by atoms with Crippen LogP contribution in [0, 0.1) is 0 Å². The van der Waals surface area contributed by atoms with Gasteiger partial charge in [0.25, 0.3) is 0 Å². The second kappa shape index (κ2) is 8.14. The van der Waals surface area contributed by atoms with Gasteiger partial charge in [-0.05, 0) is 33.6 Å². The largest absolute Gasteiger partial charge is 0.444 e. The molecule has 0 saturated heterocycles. The first-order valence-electron chi connectivity index (χ1n) is 6.46. The van der Waals surface area contributed by atoms with E-state index in [1.807, 2.05) is 33.8 Å². The molecule has 106 valence electrons. The zero-order valence-corrected chi connectivity index (χ0v) is 12.4. The number of nitrogens with zero attached hydrogens (tertiary/aromatic N) is 1. The maximum atomic E-state index is 11.8. The van der Waals surface area contributed by atoms with E-state index in [4.69, 9.17) is 9.47 Å². The van der Waals surface area contributed by atoms with Crippen LogP contribution < -0.4 is 0 Å². The Morgan fingerprint density at radius 3 is 2.50 bits per heavy atom. The summed E-state index contributed by atoms with van der Waals surface area (Å²) in [5.41, 5.74) is -0.462. The van der Waals surface area contributed by atoms with E-state index < -0.39 is 5.60 Å². The lowest BCUT2D eigenvalue weighted by molar-refractivity contribution is 0.00343. The third kappa shape index (κ3) is 8.12. The smallest absolute Gasteiger partial charge is 0.410 e. The summed E-state index contributed by atoms with van der Waals surface area (Å²) in [4.78, 5) is 13.3. The molecule has 0 aliphatic carbocycles. The molecule has 0 spiro atoms. The van der Waals surface area contributed by atoms with E-state index in [1.54, 1.807) is 11.9 Å². The number of hydrogen-bond donors (Lipinski definition) is 0. The topological polar surface area (TPSA) is 38.8 Å². The summed E-state index contributed by atoms with van der Waals surface area (Å²) in [7, 11) is 1.73. The molecular weight excluding hydrogens is 230 g/mol. The van der Waals surface area contributed by atoms with Crippen LogP contribution in [0.25, 0.3) is 0 Å². The van der Waals surface area contributed by atoms with Crippen molar-refractivity contribution in [3.05, 3.63) is 12.7 Å². The highest BCUT2D eigenvalue weighted by molar-refractivity contribution is 5.67. The molecule has 18 heavy (non-hydrogen) atoms. The van der Waals surface area contributed by atoms with Gasteiger partial charge in [0, 0.05) is 13.6 Å². The normalized spacial score (nSPS) is 12.9. The summed E-state index contributed by atoms with van der Waals surface area (Å²) < 4.78 is 10.9. The SMILES string of the molecule is C=CCCOC(CC)CN(C)C(=O)OC(C)(C)C. The molecule has 0 rings (SSSR count). The van der Waals surface area contributed by atoms with E-state index in [9.17, 15) is 4.79 Å². The van der Waals surface area contributed by atoms with Gasteiger partial charge in [-0.1, -0.05) is 13.0 Å². The minimum absolute atomic E-state index is 0.0440. The molecule has 0 aromatic rings. The average Bonchev–Trinajstić information content (AvgIpc) is 2.25. The molecule has 4 nitrogen and oxygen atoms in total. The molecule has 1 amide bonds. The minimum Gasteiger partial charge on any atom is -0.444 e. The number of carbonyl (C=O) groups excluding carboxylic acids is 1. The predicted molar refractivity (Wildman–Crippen MR) is 73.7 cm³/mol. The Hall–Kier alpha value is -1.03. The van der Waals surface area contributed by atoms with Crippen molar-refractivity contribution in [1.82, 2.24) is 4.90 Å². The maximum absolute atomic E-state index is 11.8. The molecule has 0 fully saturated rings. The van der Waals surface area contributed by atoms with Crippen molar-refractivity contribution in [3.63, 3.8) is 0 Å². The monoisotopic (exact) mass is 257 g/mol. The van der Waals surface area contributed by atoms with Crippen LogP contribution in [0.4, 0.5) is 4.79 Å². The summed E-state index contributed by atoms with van der Waals surface area (Å²) in [6, 6.07) is 0. The van der Waals surface area contributed by atoms with E-state index in [1.165, 1.54) is 0 Å². The van der Waals surface area contributed by atoms with Crippen LogP contribution in [0.1, 0.15) is 40.5 Å². The number of likely N-dealkylation sites (N-methyl/N-ethyl adjacent to an activating group) is 1. The predicted octanol–water partition coefficient (Wildman–Crippen LogP) is 3.22. The van der Waals surface area contributed by atoms with Gasteiger partial charge in [-0.15, -0.1) is 6.58 Å². The molecular formula is C14H27NO3. The maximum Gasteiger partial charge on any atom is 0.410 e. The Balaban J connectivity index is 4.12. The van der Waals surface area contributed by atoms with Crippen LogP contribution in [0.2, 0.25) is 0 Å². The van der Waals surface area contributed by atoms with Gasteiger partial charge in [-0.25, -0.2) is 4.79 Å². The zero-order valence-electron chi connectivity index (χ0n) is 12.4. The number of ether oxygens (including phenoxy) is 2. The lowest BCUT2D eigenvalue weighted by atomic mass is 10.2. The van der Waals surface area contributed by atoms with Crippen molar-refractivity contribution < 1.29 is 14.3 Å². The van der Waals surface area contributed by atoms with Gasteiger partial charge < -0.3 is 14.4 Å². The Kier molecular flexibility index (Phi) is 7.67. The van der Waals surface area contributed by atoms with Gasteiger partial charge in [-0.3, -0.25) is 0 Å². The van der Waals surface area contributed by atoms with Gasteiger partial charge in [0.15, 0.2) is 0 Å². The Bertz CT molecular complexity index is 258. The van der Waals surface area contributed by atoms with Crippen LogP contribution in [0.15, 0.2) is 12.7 Å². The summed E-state index contributed by atoms with van der Waals surface area (Å²) >= 11 is 0. The van der Waals surface area contributed by atoms with Gasteiger partial charge in [0.2, 0.25) is 0 Å². The fourth-order valence-electron chi connectivity index (χ4n) is 1.34. The molecule has 0 aliphatic heterocycles. The van der Waals surface area contributed by atoms with E-state index in [2.05, 4.69) is 6.58 Å². The first-order chi connectivity index (χ1) is 8.30. The number of amides is 1. The molecule has 0 radical (unpaired) electrons. The van der Waals surface area contributed by atoms with E-state index in [0.717, 1.165) is 12.8 Å². The standard InChI is InChI=1S/C14H27NO3/c1-7-9-10-17-12(8-2)11-15(6)13(16)18-14(3,4)5/h7,12H,1,8-11H2,2-6H3. The van der Waals surface area contributed by atoms with Crippen molar-refractivity contribution >= 4 is 6.09 Å². The van der Waals surface area contributed by atoms with Crippen LogP contribution >= 0.6 is 0 Å². The molecule has 0 N–H and O–H groups in total. The van der Waals surface area contributed by atoms with Crippen molar-refractivity contribution in [2.75, 3.05) is 20.2 Å². The van der Waals surface area contributed by atoms with Crippen molar-refractivity contribution in [1.29, 1.82) is 0 Å². The first-order valence-corrected chi connectivity index (χ1v) is 6.46. The molecule has 1 atom stereocenters. The fraction of sp³-hybridized carbons (Fsp3) is 0.786. The van der Waals surface area contributed by atoms with Gasteiger partial charge in [0.1, 0.15) is 5.60 Å². The molecule has 1 unspecified atom stereocenters. The summed E-state index contributed by atoms with van der Waals surface area (Å²) in [6.45, 7) is 12.5.